The van der Waals surface area contributed by atoms with Gasteiger partial charge in [-0.05, 0) is 81.2 Å². The summed E-state index contributed by atoms with van der Waals surface area (Å²) in [6.45, 7) is 9.46. The molecule has 224 valence electrons. The van der Waals surface area contributed by atoms with Crippen molar-refractivity contribution in [1.29, 1.82) is 0 Å². The molecule has 46 heavy (non-hydrogen) atoms. The molecule has 0 amide bonds. The minimum absolute atomic E-state index is 0.364. The molecule has 1 unspecified atom stereocenters. The zero-order valence-corrected chi connectivity index (χ0v) is 28.2. The Kier molecular flexibility index (Phi) is 8.03. The highest BCUT2D eigenvalue weighted by Crippen LogP contribution is 2.41. The number of benzene rings is 6. The summed E-state index contributed by atoms with van der Waals surface area (Å²) < 4.78 is 0. The quantitative estimate of drug-likeness (QED) is 0.125. The summed E-state index contributed by atoms with van der Waals surface area (Å²) in [5, 5.41) is 5.89. The lowest BCUT2D eigenvalue weighted by atomic mass is 10.1. The van der Waals surface area contributed by atoms with Crippen LogP contribution in [0.1, 0.15) is 27.7 Å². The van der Waals surface area contributed by atoms with Crippen molar-refractivity contribution in [3.05, 3.63) is 186 Å². The van der Waals surface area contributed by atoms with E-state index in [1.807, 2.05) is 0 Å². The first kappa shape index (κ1) is 29.7. The van der Waals surface area contributed by atoms with Crippen molar-refractivity contribution >= 4 is 23.6 Å². The van der Waals surface area contributed by atoms with E-state index in [1.165, 1.54) is 65.7 Å². The molecular weight excluding hydrogens is 569 g/mol. The normalized spacial score (nSPS) is 15.0. The lowest BCUT2D eigenvalue weighted by Gasteiger charge is -2.39. The summed E-state index contributed by atoms with van der Waals surface area (Å²) in [5.74, 6) is 0.364. The van der Waals surface area contributed by atoms with Crippen LogP contribution in [0.4, 0.5) is 0 Å². The zero-order valence-electron chi connectivity index (χ0n) is 27.2. The van der Waals surface area contributed by atoms with Crippen LogP contribution in [0.25, 0.3) is 33.4 Å². The molecule has 6 aromatic carbocycles. The molecule has 0 N–H and O–H groups in total. The number of hydrogen-bond donors (Lipinski definition) is 0. The standard InChI is InChI=1S/C45H40Si/c1-32-33(2)35(4)45(34(32)3)46(42-26-20-39(21-27-42)36-14-8-5-9-15-36,43-28-22-40(23-29-43)37-16-10-6-11-17-37)44-30-24-41(25-31-44)38-18-12-7-13-19-38/h5-31,34H,1-4H3. The molecule has 0 saturated carbocycles. The Labute approximate surface area is 275 Å². The third-order valence-electron chi connectivity index (χ3n) is 10.3. The van der Waals surface area contributed by atoms with Crippen LogP contribution in [0.2, 0.25) is 0 Å². The van der Waals surface area contributed by atoms with Crippen LogP contribution in [0, 0.1) is 5.92 Å². The van der Waals surface area contributed by atoms with Gasteiger partial charge in [0.05, 0.1) is 0 Å². The maximum Gasteiger partial charge on any atom is 0.176 e. The van der Waals surface area contributed by atoms with Crippen LogP contribution < -0.4 is 15.6 Å². The summed E-state index contributed by atoms with van der Waals surface area (Å²) in [6, 6.07) is 60.8. The Balaban J connectivity index is 1.49. The molecule has 1 aliphatic carbocycles. The van der Waals surface area contributed by atoms with E-state index < -0.39 is 8.07 Å². The monoisotopic (exact) mass is 608 g/mol. The van der Waals surface area contributed by atoms with Crippen molar-refractivity contribution in [1.82, 2.24) is 0 Å². The summed E-state index contributed by atoms with van der Waals surface area (Å²) in [6.07, 6.45) is 0. The first-order valence-electron chi connectivity index (χ1n) is 16.4. The molecule has 0 aliphatic heterocycles. The summed E-state index contributed by atoms with van der Waals surface area (Å²) in [7, 11) is -2.73. The van der Waals surface area contributed by atoms with Gasteiger partial charge in [-0.25, -0.2) is 0 Å². The molecule has 0 nitrogen and oxygen atoms in total. The van der Waals surface area contributed by atoms with Gasteiger partial charge in [0, 0.05) is 0 Å². The van der Waals surface area contributed by atoms with Crippen molar-refractivity contribution in [3.8, 4) is 33.4 Å². The van der Waals surface area contributed by atoms with E-state index in [0.29, 0.717) is 5.92 Å². The summed E-state index contributed by atoms with van der Waals surface area (Å²) in [5.41, 5.74) is 11.9. The molecule has 6 aromatic rings. The molecule has 0 heterocycles. The van der Waals surface area contributed by atoms with Crippen LogP contribution in [-0.2, 0) is 0 Å². The second-order valence-electron chi connectivity index (χ2n) is 12.6. The second kappa shape index (κ2) is 12.4. The minimum atomic E-state index is -2.73. The highest BCUT2D eigenvalue weighted by molar-refractivity contribution is 7.16. The van der Waals surface area contributed by atoms with Crippen LogP contribution in [0.5, 0.6) is 0 Å². The summed E-state index contributed by atoms with van der Waals surface area (Å²) >= 11 is 0. The van der Waals surface area contributed by atoms with Gasteiger partial charge < -0.3 is 0 Å². The topological polar surface area (TPSA) is 0 Å². The van der Waals surface area contributed by atoms with Gasteiger partial charge in [-0.3, -0.25) is 0 Å². The van der Waals surface area contributed by atoms with Crippen molar-refractivity contribution in [2.75, 3.05) is 0 Å². The molecule has 0 fully saturated rings. The SMILES string of the molecule is CC1=C(C)C(C)C([Si](c2ccc(-c3ccccc3)cc2)(c2ccc(-c3ccccc3)cc2)c2ccc(-c3ccccc3)cc2)=C1C. The van der Waals surface area contributed by atoms with Gasteiger partial charge in [0.1, 0.15) is 0 Å². The van der Waals surface area contributed by atoms with Crippen molar-refractivity contribution in [3.63, 3.8) is 0 Å². The third-order valence-corrected chi connectivity index (χ3v) is 15.5. The molecule has 1 atom stereocenters. The Morgan fingerprint density at radius 2 is 0.630 bits per heavy atom. The predicted molar refractivity (Wildman–Crippen MR) is 201 cm³/mol. The second-order valence-corrected chi connectivity index (χ2v) is 16.4. The molecule has 1 heteroatoms. The fourth-order valence-corrected chi connectivity index (χ4v) is 13.1. The largest absolute Gasteiger partial charge is 0.176 e. The highest BCUT2D eigenvalue weighted by Gasteiger charge is 2.48. The summed E-state index contributed by atoms with van der Waals surface area (Å²) in [4.78, 5) is 0. The Bertz CT molecular complexity index is 1810. The Hall–Kier alpha value is -4.98. The Morgan fingerprint density at radius 1 is 0.348 bits per heavy atom. The van der Waals surface area contributed by atoms with Gasteiger partial charge in [-0.1, -0.05) is 187 Å². The highest BCUT2D eigenvalue weighted by atomic mass is 28.3. The van der Waals surface area contributed by atoms with E-state index in [1.54, 1.807) is 5.20 Å². The van der Waals surface area contributed by atoms with Crippen molar-refractivity contribution in [2.24, 2.45) is 5.92 Å². The molecule has 0 radical (unpaired) electrons. The number of hydrogen-bond acceptors (Lipinski definition) is 0. The smallest absolute Gasteiger partial charge is 0.0636 e. The minimum Gasteiger partial charge on any atom is -0.0636 e. The molecule has 0 saturated heterocycles. The molecule has 1 aliphatic rings. The maximum absolute atomic E-state index is 2.73. The Morgan fingerprint density at radius 3 is 0.891 bits per heavy atom. The van der Waals surface area contributed by atoms with Gasteiger partial charge in [0.15, 0.2) is 8.07 Å². The van der Waals surface area contributed by atoms with Gasteiger partial charge >= 0.3 is 0 Å². The van der Waals surface area contributed by atoms with Crippen molar-refractivity contribution < 1.29 is 0 Å². The predicted octanol–water partition coefficient (Wildman–Crippen LogP) is 10.00. The lowest BCUT2D eigenvalue weighted by molar-refractivity contribution is 0.851. The van der Waals surface area contributed by atoms with Gasteiger partial charge in [0.25, 0.3) is 0 Å². The van der Waals surface area contributed by atoms with Crippen molar-refractivity contribution in [2.45, 2.75) is 27.7 Å². The fraction of sp³-hybridized carbons (Fsp3) is 0.111. The van der Waals surface area contributed by atoms with Crippen LogP contribution >= 0.6 is 0 Å². The number of rotatable bonds is 7. The molecule has 0 bridgehead atoms. The van der Waals surface area contributed by atoms with Crippen LogP contribution in [0.3, 0.4) is 0 Å². The maximum atomic E-state index is 2.43. The average molecular weight is 609 g/mol. The van der Waals surface area contributed by atoms with E-state index in [2.05, 4.69) is 191 Å². The first-order valence-corrected chi connectivity index (χ1v) is 18.4. The van der Waals surface area contributed by atoms with E-state index in [4.69, 9.17) is 0 Å². The van der Waals surface area contributed by atoms with Crippen LogP contribution in [0.15, 0.2) is 186 Å². The van der Waals surface area contributed by atoms with E-state index in [9.17, 15) is 0 Å². The van der Waals surface area contributed by atoms with Gasteiger partial charge in [-0.15, -0.1) is 0 Å². The zero-order chi connectivity index (χ0) is 31.7. The molecule has 0 aromatic heterocycles. The van der Waals surface area contributed by atoms with E-state index in [0.717, 1.165) is 0 Å². The fourth-order valence-electron chi connectivity index (χ4n) is 7.57. The van der Waals surface area contributed by atoms with E-state index in [-0.39, 0.29) is 0 Å². The first-order chi connectivity index (χ1) is 22.5. The molecular formula is C45H40Si. The average Bonchev–Trinajstić information content (AvgIpc) is 3.32. The number of allylic oxidation sites excluding steroid dienone is 4. The third kappa shape index (κ3) is 5.11. The lowest BCUT2D eigenvalue weighted by Crippen LogP contribution is -2.69. The van der Waals surface area contributed by atoms with E-state index >= 15 is 0 Å². The van der Waals surface area contributed by atoms with Crippen LogP contribution in [-0.4, -0.2) is 8.07 Å². The van der Waals surface area contributed by atoms with Gasteiger partial charge in [0.2, 0.25) is 0 Å². The molecule has 7 rings (SSSR count). The molecule has 0 spiro atoms. The van der Waals surface area contributed by atoms with Gasteiger partial charge in [-0.2, -0.15) is 0 Å².